The molecule has 0 saturated carbocycles. The molecule has 0 aliphatic carbocycles. The van der Waals surface area contributed by atoms with Crippen molar-refractivity contribution in [1.82, 2.24) is 15.5 Å². The van der Waals surface area contributed by atoms with Crippen LogP contribution < -0.4 is 10.6 Å². The van der Waals surface area contributed by atoms with Crippen LogP contribution in [0.3, 0.4) is 0 Å². The number of furan rings is 1. The number of hydrogen-bond acceptors (Lipinski definition) is 7. The van der Waals surface area contributed by atoms with Crippen LogP contribution in [0.4, 0.5) is 10.8 Å². The van der Waals surface area contributed by atoms with Gasteiger partial charge in [-0.3, -0.25) is 4.79 Å². The van der Waals surface area contributed by atoms with E-state index in [1.165, 1.54) is 28.7 Å². The lowest BCUT2D eigenvalue weighted by molar-refractivity contribution is -0.118. The number of thioether (sulfide) groups is 1. The Kier molecular flexibility index (Phi) is 6.30. The number of rotatable bonds is 8. The van der Waals surface area contributed by atoms with Crippen LogP contribution in [-0.2, 0) is 11.3 Å². The van der Waals surface area contributed by atoms with E-state index in [4.69, 9.17) is 4.42 Å². The average Bonchev–Trinajstić information content (AvgIpc) is 3.30. The van der Waals surface area contributed by atoms with Gasteiger partial charge in [0.1, 0.15) is 5.76 Å². The van der Waals surface area contributed by atoms with Gasteiger partial charge in [-0.25, -0.2) is 0 Å². The topological polar surface area (TPSA) is 80.0 Å². The summed E-state index contributed by atoms with van der Waals surface area (Å²) in [7, 11) is 0. The summed E-state index contributed by atoms with van der Waals surface area (Å²) in [5, 5.41) is 15.0. The first-order valence-electron chi connectivity index (χ1n) is 8.22. The first kappa shape index (κ1) is 18.5. The van der Waals surface area contributed by atoms with E-state index in [1.54, 1.807) is 12.3 Å². The van der Waals surface area contributed by atoms with Crippen molar-refractivity contribution in [2.45, 2.75) is 30.6 Å². The third-order valence-electron chi connectivity index (χ3n) is 3.60. The molecule has 0 radical (unpaired) electrons. The van der Waals surface area contributed by atoms with Gasteiger partial charge in [-0.05, 0) is 35.7 Å². The lowest BCUT2D eigenvalue weighted by Crippen LogP contribution is -2.24. The van der Waals surface area contributed by atoms with E-state index in [1.807, 2.05) is 18.2 Å². The van der Waals surface area contributed by atoms with Crippen molar-refractivity contribution in [2.75, 3.05) is 11.1 Å². The van der Waals surface area contributed by atoms with E-state index in [2.05, 4.69) is 46.8 Å². The molecule has 26 heavy (non-hydrogen) atoms. The third-order valence-corrected chi connectivity index (χ3v) is 5.57. The van der Waals surface area contributed by atoms with Gasteiger partial charge in [-0.2, -0.15) is 0 Å². The quantitative estimate of drug-likeness (QED) is 0.557. The fourth-order valence-corrected chi connectivity index (χ4v) is 3.77. The minimum Gasteiger partial charge on any atom is -0.467 e. The zero-order valence-electron chi connectivity index (χ0n) is 14.6. The Bertz CT molecular complexity index is 829. The maximum atomic E-state index is 11.9. The zero-order valence-corrected chi connectivity index (χ0v) is 16.2. The number of nitrogens with one attached hydrogen (secondary N) is 2. The van der Waals surface area contributed by atoms with Gasteiger partial charge in [0, 0.05) is 5.69 Å². The molecule has 0 aliphatic heterocycles. The van der Waals surface area contributed by atoms with E-state index in [-0.39, 0.29) is 5.91 Å². The van der Waals surface area contributed by atoms with Crippen molar-refractivity contribution in [2.24, 2.45) is 0 Å². The SMILES string of the molecule is CC(C)c1ccc(Nc2nnc(SCC(=O)NCc3ccco3)s2)cc1. The number of benzene rings is 1. The summed E-state index contributed by atoms with van der Waals surface area (Å²) in [5.74, 6) is 1.46. The van der Waals surface area contributed by atoms with Crippen LogP contribution in [0.2, 0.25) is 0 Å². The number of carbonyl (C=O) groups is 1. The molecule has 1 amide bonds. The molecule has 0 unspecified atom stereocenters. The molecule has 0 bridgehead atoms. The predicted octanol–water partition coefficient (Wildman–Crippen LogP) is 4.41. The lowest BCUT2D eigenvalue weighted by Gasteiger charge is -2.06. The van der Waals surface area contributed by atoms with Crippen LogP contribution in [0.5, 0.6) is 0 Å². The van der Waals surface area contributed by atoms with Gasteiger partial charge in [0.25, 0.3) is 0 Å². The van der Waals surface area contributed by atoms with E-state index < -0.39 is 0 Å². The minimum absolute atomic E-state index is 0.0691. The fourth-order valence-electron chi connectivity index (χ4n) is 2.17. The largest absolute Gasteiger partial charge is 0.467 e. The Labute approximate surface area is 160 Å². The predicted molar refractivity (Wildman–Crippen MR) is 105 cm³/mol. The number of hydrogen-bond donors (Lipinski definition) is 2. The number of nitrogens with zero attached hydrogens (tertiary/aromatic N) is 2. The maximum Gasteiger partial charge on any atom is 0.230 e. The smallest absolute Gasteiger partial charge is 0.230 e. The van der Waals surface area contributed by atoms with E-state index >= 15 is 0 Å². The van der Waals surface area contributed by atoms with Gasteiger partial charge in [-0.1, -0.05) is 49.1 Å². The lowest BCUT2D eigenvalue weighted by atomic mass is 10.0. The zero-order chi connectivity index (χ0) is 18.4. The van der Waals surface area contributed by atoms with E-state index in [0.29, 0.717) is 23.3 Å². The van der Waals surface area contributed by atoms with Crippen molar-refractivity contribution in [3.8, 4) is 0 Å². The molecule has 2 N–H and O–H groups in total. The van der Waals surface area contributed by atoms with E-state index in [0.717, 1.165) is 15.8 Å². The van der Waals surface area contributed by atoms with Gasteiger partial charge in [0.05, 0.1) is 18.6 Å². The van der Waals surface area contributed by atoms with Gasteiger partial charge in [-0.15, -0.1) is 10.2 Å². The highest BCUT2D eigenvalue weighted by atomic mass is 32.2. The van der Waals surface area contributed by atoms with Gasteiger partial charge < -0.3 is 15.1 Å². The van der Waals surface area contributed by atoms with Crippen LogP contribution in [0, 0.1) is 0 Å². The fraction of sp³-hybridized carbons (Fsp3) is 0.278. The van der Waals surface area contributed by atoms with Crippen molar-refractivity contribution < 1.29 is 9.21 Å². The van der Waals surface area contributed by atoms with Crippen LogP contribution in [-0.4, -0.2) is 21.9 Å². The summed E-state index contributed by atoms with van der Waals surface area (Å²) >= 11 is 2.79. The van der Waals surface area contributed by atoms with Crippen LogP contribution >= 0.6 is 23.1 Å². The Morgan fingerprint density at radius 2 is 2.04 bits per heavy atom. The molecule has 0 fully saturated rings. The number of carbonyl (C=O) groups excluding carboxylic acids is 1. The van der Waals surface area contributed by atoms with Crippen LogP contribution in [0.15, 0.2) is 51.4 Å². The van der Waals surface area contributed by atoms with Gasteiger partial charge in [0.15, 0.2) is 4.34 Å². The molecular weight excluding hydrogens is 368 g/mol. The molecule has 136 valence electrons. The monoisotopic (exact) mass is 388 g/mol. The summed E-state index contributed by atoms with van der Waals surface area (Å²) in [6, 6.07) is 11.9. The minimum atomic E-state index is -0.0691. The Balaban J connectivity index is 1.46. The second kappa shape index (κ2) is 8.86. The molecule has 0 atom stereocenters. The first-order valence-corrected chi connectivity index (χ1v) is 10.0. The molecule has 3 aromatic rings. The second-order valence-corrected chi connectivity index (χ2v) is 8.12. The summed E-state index contributed by atoms with van der Waals surface area (Å²) in [5.41, 5.74) is 2.27. The third kappa shape index (κ3) is 5.34. The molecule has 0 aliphatic rings. The number of amides is 1. The summed E-state index contributed by atoms with van der Waals surface area (Å²) in [4.78, 5) is 11.9. The average molecular weight is 389 g/mol. The second-order valence-electron chi connectivity index (χ2n) is 5.92. The number of anilines is 2. The molecule has 0 saturated heterocycles. The molecule has 2 aromatic heterocycles. The molecule has 0 spiro atoms. The molecule has 2 heterocycles. The van der Waals surface area contributed by atoms with E-state index in [9.17, 15) is 4.79 Å². The molecule has 8 heteroatoms. The first-order chi connectivity index (χ1) is 12.6. The molecular formula is C18H20N4O2S2. The van der Waals surface area contributed by atoms with Crippen molar-refractivity contribution in [3.05, 3.63) is 54.0 Å². The Morgan fingerprint density at radius 1 is 1.23 bits per heavy atom. The molecule has 3 rings (SSSR count). The summed E-state index contributed by atoms with van der Waals surface area (Å²) in [6.07, 6.45) is 1.59. The highest BCUT2D eigenvalue weighted by molar-refractivity contribution is 8.01. The van der Waals surface area contributed by atoms with Crippen molar-refractivity contribution in [3.63, 3.8) is 0 Å². The van der Waals surface area contributed by atoms with Crippen LogP contribution in [0.1, 0.15) is 31.1 Å². The highest BCUT2D eigenvalue weighted by Gasteiger charge is 2.09. The van der Waals surface area contributed by atoms with Crippen molar-refractivity contribution >= 4 is 39.8 Å². The summed E-state index contributed by atoms with van der Waals surface area (Å²) < 4.78 is 5.93. The van der Waals surface area contributed by atoms with Crippen LogP contribution in [0.25, 0.3) is 0 Å². The van der Waals surface area contributed by atoms with Gasteiger partial charge >= 0.3 is 0 Å². The maximum absolute atomic E-state index is 11.9. The summed E-state index contributed by atoms with van der Waals surface area (Å²) in [6.45, 7) is 4.73. The Hall–Kier alpha value is -2.32. The highest BCUT2D eigenvalue weighted by Crippen LogP contribution is 2.28. The normalized spacial score (nSPS) is 10.9. The standard InChI is InChI=1S/C18H20N4O2S2/c1-12(2)13-5-7-14(8-6-13)20-17-21-22-18(26-17)25-11-16(23)19-10-15-4-3-9-24-15/h3-9,12H,10-11H2,1-2H3,(H,19,23)(H,20,21). The van der Waals surface area contributed by atoms with Crippen molar-refractivity contribution in [1.29, 1.82) is 0 Å². The Morgan fingerprint density at radius 3 is 2.73 bits per heavy atom. The number of aromatic nitrogens is 2. The molecule has 1 aromatic carbocycles. The molecule has 6 nitrogen and oxygen atoms in total. The van der Waals surface area contributed by atoms with Gasteiger partial charge in [0.2, 0.25) is 11.0 Å².